The third-order valence-corrected chi connectivity index (χ3v) is 4.84. The van der Waals surface area contributed by atoms with E-state index in [1.165, 1.54) is 5.56 Å². The predicted octanol–water partition coefficient (Wildman–Crippen LogP) is 1.67. The minimum atomic E-state index is -0.836. The predicted molar refractivity (Wildman–Crippen MR) is 120 cm³/mol. The molecule has 0 spiro atoms. The van der Waals surface area contributed by atoms with Gasteiger partial charge >= 0.3 is 6.03 Å². The molecule has 0 fully saturated rings. The molecule has 0 heterocycles. The lowest BCUT2D eigenvalue weighted by Gasteiger charge is -2.24. The van der Waals surface area contributed by atoms with E-state index >= 15 is 0 Å². The molecule has 0 saturated heterocycles. The number of nitrogens with one attached hydrogen (secondary N) is 4. The molecule has 0 radical (unpaired) electrons. The van der Waals surface area contributed by atoms with Gasteiger partial charge in [-0.1, -0.05) is 39.3 Å². The number of amides is 5. The summed E-state index contributed by atoms with van der Waals surface area (Å²) in [6.45, 7) is 6.01. The Balaban J connectivity index is 2.82. The van der Waals surface area contributed by atoms with Crippen molar-refractivity contribution in [2.45, 2.75) is 65.0 Å². The zero-order valence-corrected chi connectivity index (χ0v) is 18.6. The number of carbonyl (C=O) groups excluding carboxylic acids is 4. The summed E-state index contributed by atoms with van der Waals surface area (Å²) in [7, 11) is 0. The van der Waals surface area contributed by atoms with Gasteiger partial charge in [0.15, 0.2) is 0 Å². The molecule has 2 atom stereocenters. The summed E-state index contributed by atoms with van der Waals surface area (Å²) in [6, 6.07) is 5.37. The quantitative estimate of drug-likeness (QED) is 0.225. The van der Waals surface area contributed by atoms with Crippen LogP contribution in [0.4, 0.5) is 10.5 Å². The molecule has 2 unspecified atom stereocenters. The molecular formula is C22H35N5O4. The second-order valence-corrected chi connectivity index (χ2v) is 7.79. The Bertz CT molecular complexity index is 721. The molecule has 1 aromatic rings. The molecule has 6 N–H and O–H groups in total. The highest BCUT2D eigenvalue weighted by Gasteiger charge is 2.27. The number of hydrogen-bond acceptors (Lipinski definition) is 4. The van der Waals surface area contributed by atoms with Crippen LogP contribution >= 0.6 is 0 Å². The highest BCUT2D eigenvalue weighted by molar-refractivity contribution is 5.98. The number of aryl methyl sites for hydroxylation is 1. The number of rotatable bonds is 14. The largest absolute Gasteiger partial charge is 0.352 e. The van der Waals surface area contributed by atoms with E-state index < -0.39 is 24.0 Å². The lowest BCUT2D eigenvalue weighted by atomic mass is 10.0. The maximum atomic E-state index is 12.9. The third kappa shape index (κ3) is 9.97. The molecule has 9 heteroatoms. The van der Waals surface area contributed by atoms with Crippen molar-refractivity contribution < 1.29 is 19.2 Å². The molecule has 1 rings (SSSR count). The van der Waals surface area contributed by atoms with E-state index in [1.807, 2.05) is 24.3 Å². The smallest absolute Gasteiger partial charge is 0.312 e. The highest BCUT2D eigenvalue weighted by Crippen LogP contribution is 2.13. The van der Waals surface area contributed by atoms with Gasteiger partial charge in [-0.05, 0) is 49.3 Å². The zero-order chi connectivity index (χ0) is 23.2. The molecule has 0 saturated carbocycles. The van der Waals surface area contributed by atoms with Crippen molar-refractivity contribution in [3.63, 3.8) is 0 Å². The Kier molecular flexibility index (Phi) is 11.7. The van der Waals surface area contributed by atoms with E-state index in [1.54, 1.807) is 13.8 Å². The van der Waals surface area contributed by atoms with Gasteiger partial charge in [-0.15, -0.1) is 0 Å². The number of urea groups is 1. The van der Waals surface area contributed by atoms with Crippen molar-refractivity contribution in [1.29, 1.82) is 0 Å². The van der Waals surface area contributed by atoms with E-state index in [-0.39, 0.29) is 18.4 Å². The molecule has 172 valence electrons. The number of primary amides is 1. The Hall–Kier alpha value is -3.10. The van der Waals surface area contributed by atoms with Crippen LogP contribution in [0.5, 0.6) is 0 Å². The minimum absolute atomic E-state index is 0.152. The van der Waals surface area contributed by atoms with Crippen LogP contribution in [0.1, 0.15) is 52.0 Å². The fraction of sp³-hybridized carbons (Fsp3) is 0.545. The van der Waals surface area contributed by atoms with Crippen molar-refractivity contribution in [2.75, 3.05) is 11.9 Å². The first-order valence-electron chi connectivity index (χ1n) is 10.7. The summed E-state index contributed by atoms with van der Waals surface area (Å²) in [5.74, 6) is -0.969. The number of unbranched alkanes of at least 4 members (excludes halogenated alkanes) is 1. The molecule has 0 aliphatic heterocycles. The summed E-state index contributed by atoms with van der Waals surface area (Å²) in [5.41, 5.74) is 6.89. The summed E-state index contributed by atoms with van der Waals surface area (Å²) in [6.07, 6.45) is 4.39. The lowest BCUT2D eigenvalue weighted by Crippen LogP contribution is -2.53. The minimum Gasteiger partial charge on any atom is -0.352 e. The van der Waals surface area contributed by atoms with E-state index in [0.717, 1.165) is 19.3 Å². The van der Waals surface area contributed by atoms with Gasteiger partial charge in [-0.2, -0.15) is 0 Å². The van der Waals surface area contributed by atoms with Crippen LogP contribution in [0, 0.1) is 5.92 Å². The lowest BCUT2D eigenvalue weighted by molar-refractivity contribution is -0.130. The summed E-state index contributed by atoms with van der Waals surface area (Å²) in [4.78, 5) is 47.2. The molecule has 0 aliphatic carbocycles. The number of carbonyl (C=O) groups is 4. The topological polar surface area (TPSA) is 142 Å². The van der Waals surface area contributed by atoms with Crippen LogP contribution in [0.25, 0.3) is 0 Å². The maximum absolute atomic E-state index is 12.9. The monoisotopic (exact) mass is 433 g/mol. The fourth-order valence-corrected chi connectivity index (χ4v) is 3.06. The standard InChI is InChI=1S/C22H35N5O4/c1-4-5-7-16-9-11-17(12-10-16)26-20(29)18(8-6-13-24-22(23)31)27-21(30)19(15(2)3)25-14-28/h9-12,14-15,18-19H,4-8,13H2,1-3H3,(H,25,28)(H,26,29)(H,27,30)(H3,23,24,31). The molecule has 0 bridgehead atoms. The average molecular weight is 434 g/mol. The third-order valence-electron chi connectivity index (χ3n) is 4.84. The van der Waals surface area contributed by atoms with Crippen molar-refractivity contribution in [1.82, 2.24) is 16.0 Å². The van der Waals surface area contributed by atoms with Crippen molar-refractivity contribution in [3.05, 3.63) is 29.8 Å². The molecular weight excluding hydrogens is 398 g/mol. The van der Waals surface area contributed by atoms with Crippen LogP contribution in [-0.2, 0) is 20.8 Å². The average Bonchev–Trinajstić information content (AvgIpc) is 2.73. The van der Waals surface area contributed by atoms with Gasteiger partial charge in [0.05, 0.1) is 0 Å². The Morgan fingerprint density at radius 1 is 1.06 bits per heavy atom. The van der Waals surface area contributed by atoms with Gasteiger partial charge in [0, 0.05) is 12.2 Å². The second-order valence-electron chi connectivity index (χ2n) is 7.79. The van der Waals surface area contributed by atoms with Crippen molar-refractivity contribution >= 4 is 29.9 Å². The molecule has 0 aliphatic rings. The van der Waals surface area contributed by atoms with Gasteiger partial charge in [-0.25, -0.2) is 4.79 Å². The van der Waals surface area contributed by atoms with Crippen LogP contribution < -0.4 is 27.0 Å². The van der Waals surface area contributed by atoms with Crippen LogP contribution in [0.2, 0.25) is 0 Å². The van der Waals surface area contributed by atoms with Crippen molar-refractivity contribution in [3.8, 4) is 0 Å². The van der Waals surface area contributed by atoms with E-state index in [4.69, 9.17) is 5.73 Å². The maximum Gasteiger partial charge on any atom is 0.312 e. The molecule has 5 amide bonds. The first-order valence-corrected chi connectivity index (χ1v) is 10.7. The molecule has 0 aromatic heterocycles. The van der Waals surface area contributed by atoms with Gasteiger partial charge < -0.3 is 27.0 Å². The normalized spacial score (nSPS) is 12.5. The second kappa shape index (κ2) is 14.0. The summed E-state index contributed by atoms with van der Waals surface area (Å²) >= 11 is 0. The van der Waals surface area contributed by atoms with Crippen LogP contribution in [0.3, 0.4) is 0 Å². The SMILES string of the molecule is CCCCc1ccc(NC(=O)C(CCCNC(N)=O)NC(=O)C(NC=O)C(C)C)cc1. The number of hydrogen-bond donors (Lipinski definition) is 5. The Morgan fingerprint density at radius 3 is 2.29 bits per heavy atom. The van der Waals surface area contributed by atoms with Gasteiger partial charge in [0.1, 0.15) is 12.1 Å². The Labute approximate surface area is 183 Å². The first-order chi connectivity index (χ1) is 14.8. The highest BCUT2D eigenvalue weighted by atomic mass is 16.2. The van der Waals surface area contributed by atoms with E-state index in [2.05, 4.69) is 28.2 Å². The summed E-state index contributed by atoms with van der Waals surface area (Å²) in [5, 5.41) is 10.5. The Morgan fingerprint density at radius 2 is 1.74 bits per heavy atom. The van der Waals surface area contributed by atoms with Gasteiger partial charge in [0.2, 0.25) is 18.2 Å². The summed E-state index contributed by atoms with van der Waals surface area (Å²) < 4.78 is 0. The van der Waals surface area contributed by atoms with E-state index in [0.29, 0.717) is 24.9 Å². The first kappa shape index (κ1) is 25.9. The van der Waals surface area contributed by atoms with Gasteiger partial charge in [-0.3, -0.25) is 14.4 Å². The van der Waals surface area contributed by atoms with Crippen LogP contribution in [-0.4, -0.2) is 42.9 Å². The number of benzene rings is 1. The zero-order valence-electron chi connectivity index (χ0n) is 18.6. The molecule has 31 heavy (non-hydrogen) atoms. The molecule has 9 nitrogen and oxygen atoms in total. The fourth-order valence-electron chi connectivity index (χ4n) is 3.06. The van der Waals surface area contributed by atoms with E-state index in [9.17, 15) is 19.2 Å². The van der Waals surface area contributed by atoms with Crippen LogP contribution in [0.15, 0.2) is 24.3 Å². The number of nitrogens with two attached hydrogens (primary N) is 1. The van der Waals surface area contributed by atoms with Gasteiger partial charge in [0.25, 0.3) is 0 Å². The number of anilines is 1. The van der Waals surface area contributed by atoms with Crippen molar-refractivity contribution in [2.24, 2.45) is 11.7 Å². The molecule has 1 aromatic carbocycles.